The Morgan fingerprint density at radius 3 is 2.44 bits per heavy atom. The van der Waals surface area contributed by atoms with Gasteiger partial charge in [-0.1, -0.05) is 19.8 Å². The summed E-state index contributed by atoms with van der Waals surface area (Å²) < 4.78 is 12.2. The van der Waals surface area contributed by atoms with Crippen molar-refractivity contribution in [2.45, 2.75) is 96.7 Å². The van der Waals surface area contributed by atoms with E-state index in [1.807, 2.05) is 0 Å². The summed E-state index contributed by atoms with van der Waals surface area (Å²) in [5.41, 5.74) is -0.586. The third-order valence-corrected chi connectivity index (χ3v) is 6.94. The van der Waals surface area contributed by atoms with Crippen molar-refractivity contribution in [3.8, 4) is 0 Å². The van der Waals surface area contributed by atoms with E-state index in [1.165, 1.54) is 4.90 Å². The first kappa shape index (κ1) is 20.7. The number of amides is 3. The fourth-order valence-electron chi connectivity index (χ4n) is 4.49. The van der Waals surface area contributed by atoms with E-state index in [1.54, 1.807) is 0 Å². The molecule has 2 heterocycles. The number of urea groups is 1. The number of hydrogen-bond acceptors (Lipinski definition) is 4. The molecule has 3 rings (SSSR count). The molecule has 3 atom stereocenters. The summed E-state index contributed by atoms with van der Waals surface area (Å²) in [6.45, 7) is 10.9. The Bertz CT molecular complexity index is 564. The van der Waals surface area contributed by atoms with E-state index >= 15 is 0 Å². The highest BCUT2D eigenvalue weighted by molar-refractivity contribution is 6.45. The van der Waals surface area contributed by atoms with Crippen LogP contribution in [0.2, 0.25) is 6.32 Å². The summed E-state index contributed by atoms with van der Waals surface area (Å²) >= 11 is 0. The predicted molar refractivity (Wildman–Crippen MR) is 105 cm³/mol. The molecule has 1 unspecified atom stereocenters. The van der Waals surface area contributed by atoms with Crippen molar-refractivity contribution in [1.82, 2.24) is 10.2 Å². The number of nitrogens with zero attached hydrogens (tertiary/aromatic N) is 1. The van der Waals surface area contributed by atoms with Gasteiger partial charge in [0.15, 0.2) is 0 Å². The maximum absolute atomic E-state index is 12.9. The van der Waals surface area contributed by atoms with Crippen molar-refractivity contribution in [1.29, 1.82) is 0 Å². The summed E-state index contributed by atoms with van der Waals surface area (Å²) in [6, 6.07) is -0.193. The molecule has 0 aromatic heterocycles. The van der Waals surface area contributed by atoms with Crippen LogP contribution in [0.4, 0.5) is 4.79 Å². The van der Waals surface area contributed by atoms with E-state index < -0.39 is 0 Å². The molecule has 0 aromatic carbocycles. The van der Waals surface area contributed by atoms with Gasteiger partial charge >= 0.3 is 13.1 Å². The molecular weight excluding hydrogens is 343 g/mol. The zero-order valence-corrected chi connectivity index (χ0v) is 17.5. The van der Waals surface area contributed by atoms with Crippen LogP contribution in [0.15, 0.2) is 0 Å². The number of fused-ring (bicyclic) bond motifs is 1. The van der Waals surface area contributed by atoms with Crippen LogP contribution >= 0.6 is 0 Å². The predicted octanol–water partition coefficient (Wildman–Crippen LogP) is 3.61. The number of rotatable bonds is 6. The van der Waals surface area contributed by atoms with Gasteiger partial charge in [-0.25, -0.2) is 4.79 Å². The number of carbonyl (C=O) groups is 2. The Kier molecular flexibility index (Phi) is 5.92. The summed E-state index contributed by atoms with van der Waals surface area (Å²) in [5.74, 6) is 0.436. The van der Waals surface area contributed by atoms with E-state index in [9.17, 15) is 9.59 Å². The van der Waals surface area contributed by atoms with Crippen LogP contribution in [0.1, 0.15) is 73.1 Å². The van der Waals surface area contributed by atoms with E-state index in [2.05, 4.69) is 39.9 Å². The monoisotopic (exact) mass is 378 g/mol. The van der Waals surface area contributed by atoms with Crippen LogP contribution in [-0.2, 0) is 14.1 Å². The average Bonchev–Trinajstić information content (AvgIpc) is 2.80. The largest absolute Gasteiger partial charge is 0.457 e. The van der Waals surface area contributed by atoms with Crippen LogP contribution in [0.3, 0.4) is 0 Å². The highest BCUT2D eigenvalue weighted by Gasteiger charge is 2.51. The molecule has 2 saturated heterocycles. The van der Waals surface area contributed by atoms with Gasteiger partial charge in [0.25, 0.3) is 0 Å². The van der Waals surface area contributed by atoms with E-state index in [-0.39, 0.29) is 42.2 Å². The van der Waals surface area contributed by atoms with Gasteiger partial charge in [-0.15, -0.1) is 0 Å². The molecular formula is C20H35BN2O4. The Hall–Kier alpha value is -1.08. The second-order valence-corrected chi connectivity index (χ2v) is 9.45. The van der Waals surface area contributed by atoms with Gasteiger partial charge in [-0.2, -0.15) is 0 Å². The fourth-order valence-corrected chi connectivity index (χ4v) is 4.49. The lowest BCUT2D eigenvalue weighted by Crippen LogP contribution is -2.61. The van der Waals surface area contributed by atoms with Crippen LogP contribution in [0.25, 0.3) is 0 Å². The second-order valence-electron chi connectivity index (χ2n) is 9.45. The number of nitrogens with one attached hydrogen (secondary N) is 1. The molecule has 3 fully saturated rings. The smallest absolute Gasteiger partial charge is 0.403 e. The van der Waals surface area contributed by atoms with Crippen LogP contribution in [0.5, 0.6) is 0 Å². The van der Waals surface area contributed by atoms with Crippen molar-refractivity contribution < 1.29 is 18.9 Å². The Labute approximate surface area is 163 Å². The highest BCUT2D eigenvalue weighted by atomic mass is 16.7. The normalized spacial score (nSPS) is 32.4. The first-order valence-corrected chi connectivity index (χ1v) is 10.6. The molecule has 27 heavy (non-hydrogen) atoms. The number of carbonyl (C=O) groups excluding carboxylic acids is 2. The molecule has 6 nitrogen and oxygen atoms in total. The van der Waals surface area contributed by atoms with Gasteiger partial charge in [0.05, 0.1) is 17.1 Å². The molecule has 1 saturated carbocycles. The zero-order chi connectivity index (χ0) is 19.8. The number of hydrogen-bond donors (Lipinski definition) is 1. The van der Waals surface area contributed by atoms with Gasteiger partial charge in [-0.3, -0.25) is 9.69 Å². The number of imide groups is 1. The maximum Gasteiger partial charge on any atom is 0.457 e. The minimum atomic E-state index is -0.293. The molecule has 0 bridgehead atoms. The Balaban J connectivity index is 1.54. The van der Waals surface area contributed by atoms with Gasteiger partial charge in [-0.05, 0) is 65.6 Å². The van der Waals surface area contributed by atoms with Crippen molar-refractivity contribution >= 4 is 19.1 Å². The van der Waals surface area contributed by atoms with Crippen LogP contribution in [-0.4, -0.2) is 47.7 Å². The molecule has 0 spiro atoms. The highest BCUT2D eigenvalue weighted by Crippen LogP contribution is 2.40. The van der Waals surface area contributed by atoms with Gasteiger partial charge in [0, 0.05) is 12.6 Å². The Morgan fingerprint density at radius 1 is 1.15 bits per heavy atom. The average molecular weight is 378 g/mol. The standard InChI is InChI=1S/C20H35BN2O4/c1-6-7-12-23-17(24)15-13-14(8-9-16(15)22-18(23)25)10-11-21-26-19(2,3)20(4,5)27-21/h14-16H,6-13H2,1-5H3,(H,22,25)/t14-,15-,16?/m0/s1. The molecule has 3 aliphatic rings. The molecule has 1 N–H and O–H groups in total. The summed E-state index contributed by atoms with van der Waals surface area (Å²) in [6.07, 6.45) is 6.47. The minimum absolute atomic E-state index is 0.0102. The maximum atomic E-state index is 12.9. The first-order chi connectivity index (χ1) is 12.6. The van der Waals surface area contributed by atoms with Crippen molar-refractivity contribution in [3.05, 3.63) is 0 Å². The second kappa shape index (κ2) is 7.74. The molecule has 2 aliphatic heterocycles. The van der Waals surface area contributed by atoms with Gasteiger partial charge in [0.1, 0.15) is 0 Å². The SMILES string of the molecule is CCCCN1C(=O)NC2CC[C@@H](CCB3OC(C)(C)C(C)(C)O3)C[C@@H]2C1=O. The summed E-state index contributed by atoms with van der Waals surface area (Å²) in [4.78, 5) is 26.5. The Morgan fingerprint density at radius 2 is 1.81 bits per heavy atom. The summed E-state index contributed by atoms with van der Waals surface area (Å²) in [5, 5.41) is 3.06. The lowest BCUT2D eigenvalue weighted by atomic mass is 9.71. The van der Waals surface area contributed by atoms with Gasteiger partial charge in [0.2, 0.25) is 5.91 Å². The lowest BCUT2D eigenvalue weighted by Gasteiger charge is -2.42. The third kappa shape index (κ3) is 4.19. The van der Waals surface area contributed by atoms with E-state index in [4.69, 9.17) is 9.31 Å². The molecule has 0 aromatic rings. The quantitative estimate of drug-likeness (QED) is 0.717. The summed E-state index contributed by atoms with van der Waals surface area (Å²) in [7, 11) is -0.171. The molecule has 0 radical (unpaired) electrons. The van der Waals surface area contributed by atoms with Crippen molar-refractivity contribution in [2.24, 2.45) is 11.8 Å². The van der Waals surface area contributed by atoms with E-state index in [0.717, 1.165) is 44.8 Å². The topological polar surface area (TPSA) is 67.9 Å². The van der Waals surface area contributed by atoms with Crippen molar-refractivity contribution in [2.75, 3.05) is 6.54 Å². The number of unbranched alkanes of at least 4 members (excludes halogenated alkanes) is 1. The fraction of sp³-hybridized carbons (Fsp3) is 0.900. The molecule has 1 aliphatic carbocycles. The van der Waals surface area contributed by atoms with Crippen molar-refractivity contribution in [3.63, 3.8) is 0 Å². The first-order valence-electron chi connectivity index (χ1n) is 10.6. The lowest BCUT2D eigenvalue weighted by molar-refractivity contribution is -0.137. The molecule has 3 amide bonds. The minimum Gasteiger partial charge on any atom is -0.403 e. The van der Waals surface area contributed by atoms with Gasteiger partial charge < -0.3 is 14.6 Å². The van der Waals surface area contributed by atoms with Crippen LogP contribution < -0.4 is 5.32 Å². The van der Waals surface area contributed by atoms with Crippen LogP contribution in [0, 0.1) is 11.8 Å². The third-order valence-electron chi connectivity index (χ3n) is 6.94. The van der Waals surface area contributed by atoms with E-state index in [0.29, 0.717) is 12.5 Å². The zero-order valence-electron chi connectivity index (χ0n) is 17.5. The molecule has 152 valence electrons. The molecule has 7 heteroatoms.